The van der Waals surface area contributed by atoms with Crippen molar-refractivity contribution < 1.29 is 4.21 Å². The molecule has 3 rings (SSSR count). The Hall–Kier alpha value is -2.19. The smallest absolute Gasteiger partial charge is 0.0849 e. The average Bonchev–Trinajstić information content (AvgIpc) is 2.57. The van der Waals surface area contributed by atoms with Gasteiger partial charge in [0.15, 0.2) is 0 Å². The summed E-state index contributed by atoms with van der Waals surface area (Å²) in [7, 11) is -1.10. The zero-order valence-electron chi connectivity index (χ0n) is 11.6. The van der Waals surface area contributed by atoms with Crippen molar-refractivity contribution in [2.75, 3.05) is 0 Å². The van der Waals surface area contributed by atoms with E-state index in [9.17, 15) is 4.21 Å². The third-order valence-corrected chi connectivity index (χ3v) is 4.75. The average molecular weight is 292 g/mol. The molecular weight excluding hydrogens is 276 g/mol. The molecule has 0 aliphatic heterocycles. The fraction of sp³-hybridized carbons (Fsp3) is 0.0526. The van der Waals surface area contributed by atoms with Gasteiger partial charge in [-0.15, -0.1) is 0 Å². The molecule has 0 radical (unpaired) electrons. The highest BCUT2D eigenvalue weighted by Crippen LogP contribution is 2.18. The molecule has 0 spiro atoms. The number of hydrogen-bond donors (Lipinski definition) is 0. The molecule has 0 bridgehead atoms. The molecule has 3 aromatic carbocycles. The Kier molecular flexibility index (Phi) is 4.27. The predicted octanol–water partition coefficient (Wildman–Crippen LogP) is 4.44. The van der Waals surface area contributed by atoms with E-state index >= 15 is 0 Å². The van der Waals surface area contributed by atoms with Gasteiger partial charge < -0.3 is 0 Å². The Balaban J connectivity index is 1.77. The van der Waals surface area contributed by atoms with Crippen molar-refractivity contribution in [3.8, 4) is 0 Å². The van der Waals surface area contributed by atoms with Crippen molar-refractivity contribution in [1.29, 1.82) is 0 Å². The first-order chi connectivity index (χ1) is 10.3. The molecular formula is C19H16OS. The van der Waals surface area contributed by atoms with Crippen LogP contribution in [-0.2, 0) is 17.2 Å². The third-order valence-electron chi connectivity index (χ3n) is 3.35. The highest BCUT2D eigenvalue weighted by molar-refractivity contribution is 7.85. The minimum Gasteiger partial charge on any atom is -0.249 e. The lowest BCUT2D eigenvalue weighted by atomic mass is 10.1. The van der Waals surface area contributed by atoms with Crippen molar-refractivity contribution >= 4 is 10.8 Å². The van der Waals surface area contributed by atoms with Crippen LogP contribution in [0.3, 0.4) is 0 Å². The lowest BCUT2D eigenvalue weighted by Gasteiger charge is -2.05. The maximum Gasteiger partial charge on any atom is 0.0849 e. The normalized spacial score (nSPS) is 12.0. The van der Waals surface area contributed by atoms with Gasteiger partial charge in [-0.25, -0.2) is 4.21 Å². The van der Waals surface area contributed by atoms with Gasteiger partial charge in [0, 0.05) is 9.79 Å². The Morgan fingerprint density at radius 1 is 0.571 bits per heavy atom. The molecule has 21 heavy (non-hydrogen) atoms. The number of rotatable bonds is 4. The van der Waals surface area contributed by atoms with E-state index in [0.717, 1.165) is 16.2 Å². The largest absolute Gasteiger partial charge is 0.249 e. The van der Waals surface area contributed by atoms with Gasteiger partial charge in [-0.3, -0.25) is 0 Å². The predicted molar refractivity (Wildman–Crippen MR) is 86.8 cm³/mol. The summed E-state index contributed by atoms with van der Waals surface area (Å²) in [5.41, 5.74) is 2.52. The van der Waals surface area contributed by atoms with Crippen LogP contribution in [0.5, 0.6) is 0 Å². The van der Waals surface area contributed by atoms with Crippen LogP contribution in [0.1, 0.15) is 11.1 Å². The Labute approximate surface area is 127 Å². The van der Waals surface area contributed by atoms with E-state index in [1.54, 1.807) is 0 Å². The maximum absolute atomic E-state index is 12.4. The highest BCUT2D eigenvalue weighted by Gasteiger charge is 2.06. The molecule has 2 heteroatoms. The fourth-order valence-electron chi connectivity index (χ4n) is 2.24. The molecule has 0 fully saturated rings. The summed E-state index contributed by atoms with van der Waals surface area (Å²) in [5.74, 6) is 0. The van der Waals surface area contributed by atoms with E-state index in [4.69, 9.17) is 0 Å². The van der Waals surface area contributed by atoms with E-state index in [1.165, 1.54) is 11.1 Å². The SMILES string of the molecule is O=S(c1ccccc1)c1ccc(Cc2ccccc2)cc1. The molecule has 0 saturated carbocycles. The van der Waals surface area contributed by atoms with Gasteiger partial charge in [0.1, 0.15) is 0 Å². The molecule has 1 unspecified atom stereocenters. The van der Waals surface area contributed by atoms with Crippen molar-refractivity contribution in [2.24, 2.45) is 0 Å². The number of benzene rings is 3. The van der Waals surface area contributed by atoms with Crippen LogP contribution < -0.4 is 0 Å². The molecule has 3 aromatic rings. The second kappa shape index (κ2) is 6.51. The summed E-state index contributed by atoms with van der Waals surface area (Å²) in [5, 5.41) is 0. The van der Waals surface area contributed by atoms with Crippen LogP contribution in [0.25, 0.3) is 0 Å². The van der Waals surface area contributed by atoms with E-state index in [0.29, 0.717) is 0 Å². The van der Waals surface area contributed by atoms with Gasteiger partial charge in [0.2, 0.25) is 0 Å². The first-order valence-electron chi connectivity index (χ1n) is 6.92. The van der Waals surface area contributed by atoms with Gasteiger partial charge in [-0.1, -0.05) is 60.7 Å². The number of hydrogen-bond acceptors (Lipinski definition) is 1. The van der Waals surface area contributed by atoms with Crippen LogP contribution in [-0.4, -0.2) is 4.21 Å². The minimum absolute atomic E-state index is 0.841. The van der Waals surface area contributed by atoms with E-state index in [-0.39, 0.29) is 0 Å². The van der Waals surface area contributed by atoms with Gasteiger partial charge in [-0.2, -0.15) is 0 Å². The Bertz CT molecular complexity index is 719. The molecule has 1 nitrogen and oxygen atoms in total. The van der Waals surface area contributed by atoms with Gasteiger partial charge in [-0.05, 0) is 41.8 Å². The van der Waals surface area contributed by atoms with Crippen LogP contribution in [0.2, 0.25) is 0 Å². The molecule has 0 aliphatic rings. The van der Waals surface area contributed by atoms with Crippen LogP contribution in [0, 0.1) is 0 Å². The van der Waals surface area contributed by atoms with Crippen molar-refractivity contribution in [2.45, 2.75) is 16.2 Å². The Morgan fingerprint density at radius 3 is 1.67 bits per heavy atom. The molecule has 0 N–H and O–H groups in total. The molecule has 0 aromatic heterocycles. The monoisotopic (exact) mass is 292 g/mol. The molecule has 0 saturated heterocycles. The van der Waals surface area contributed by atoms with E-state index < -0.39 is 10.8 Å². The van der Waals surface area contributed by atoms with Crippen LogP contribution >= 0.6 is 0 Å². The minimum atomic E-state index is -1.10. The van der Waals surface area contributed by atoms with Gasteiger partial charge >= 0.3 is 0 Å². The highest BCUT2D eigenvalue weighted by atomic mass is 32.2. The van der Waals surface area contributed by atoms with Crippen LogP contribution in [0.4, 0.5) is 0 Å². The van der Waals surface area contributed by atoms with Crippen molar-refractivity contribution in [1.82, 2.24) is 0 Å². The molecule has 104 valence electrons. The quantitative estimate of drug-likeness (QED) is 0.694. The zero-order chi connectivity index (χ0) is 14.5. The molecule has 1 atom stereocenters. The second-order valence-electron chi connectivity index (χ2n) is 4.89. The maximum atomic E-state index is 12.4. The first-order valence-corrected chi connectivity index (χ1v) is 8.07. The summed E-state index contributed by atoms with van der Waals surface area (Å²) >= 11 is 0. The third kappa shape index (κ3) is 3.47. The van der Waals surface area contributed by atoms with Crippen LogP contribution in [0.15, 0.2) is 94.7 Å². The molecule has 0 amide bonds. The summed E-state index contributed by atoms with van der Waals surface area (Å²) < 4.78 is 12.4. The second-order valence-corrected chi connectivity index (χ2v) is 6.37. The van der Waals surface area contributed by atoms with E-state index in [2.05, 4.69) is 24.3 Å². The van der Waals surface area contributed by atoms with Gasteiger partial charge in [0.05, 0.1) is 10.8 Å². The van der Waals surface area contributed by atoms with Crippen molar-refractivity contribution in [3.05, 3.63) is 96.1 Å². The summed E-state index contributed by atoms with van der Waals surface area (Å²) in [6.45, 7) is 0. The van der Waals surface area contributed by atoms with Gasteiger partial charge in [0.25, 0.3) is 0 Å². The topological polar surface area (TPSA) is 17.1 Å². The molecule has 0 heterocycles. The lowest BCUT2D eigenvalue weighted by Crippen LogP contribution is -1.94. The summed E-state index contributed by atoms with van der Waals surface area (Å²) in [4.78, 5) is 1.69. The Morgan fingerprint density at radius 2 is 1.05 bits per heavy atom. The summed E-state index contributed by atoms with van der Waals surface area (Å²) in [6.07, 6.45) is 0.902. The first kappa shape index (κ1) is 13.8. The fourth-order valence-corrected chi connectivity index (χ4v) is 3.30. The lowest BCUT2D eigenvalue weighted by molar-refractivity contribution is 0.683. The van der Waals surface area contributed by atoms with Crippen molar-refractivity contribution in [3.63, 3.8) is 0 Å². The van der Waals surface area contributed by atoms with E-state index in [1.807, 2.05) is 60.7 Å². The molecule has 0 aliphatic carbocycles. The zero-order valence-corrected chi connectivity index (χ0v) is 12.4. The summed E-state index contributed by atoms with van der Waals surface area (Å²) in [6, 6.07) is 28.0. The standard InChI is InChI=1S/C19H16OS/c20-21(18-9-5-2-6-10-18)19-13-11-17(12-14-19)15-16-7-3-1-4-8-16/h1-14H,15H2.